The van der Waals surface area contributed by atoms with Gasteiger partial charge < -0.3 is 10.6 Å². The maximum atomic E-state index is 6.37. The second-order valence-electron chi connectivity index (χ2n) is 8.08. The van der Waals surface area contributed by atoms with Crippen LogP contribution in [0.1, 0.15) is 38.5 Å². The molecule has 0 spiro atoms. The molecular weight excluding hydrogens is 246 g/mol. The summed E-state index contributed by atoms with van der Waals surface area (Å²) < 4.78 is 0. The van der Waals surface area contributed by atoms with E-state index in [0.717, 1.165) is 30.2 Å². The molecule has 0 amide bonds. The van der Waals surface area contributed by atoms with Crippen LogP contribution in [0.5, 0.6) is 0 Å². The maximum Gasteiger partial charge on any atom is 0.0385 e. The molecule has 0 unspecified atom stereocenters. The molecule has 2 N–H and O–H groups in total. The molecular formula is C17H33N3. The Morgan fingerprint density at radius 2 is 1.45 bits per heavy atom. The molecule has 4 saturated carbocycles. The van der Waals surface area contributed by atoms with Gasteiger partial charge in [0.25, 0.3) is 0 Å². The van der Waals surface area contributed by atoms with Gasteiger partial charge in [-0.25, -0.2) is 0 Å². The van der Waals surface area contributed by atoms with E-state index in [1.807, 2.05) is 0 Å². The molecule has 20 heavy (non-hydrogen) atoms. The topological polar surface area (TPSA) is 32.5 Å². The molecule has 0 aromatic heterocycles. The summed E-state index contributed by atoms with van der Waals surface area (Å²) in [5.74, 6) is 3.83. The van der Waals surface area contributed by atoms with Crippen molar-refractivity contribution in [2.45, 2.75) is 44.1 Å². The van der Waals surface area contributed by atoms with E-state index in [4.69, 9.17) is 5.73 Å². The predicted octanol–water partition coefficient (Wildman–Crippen LogP) is 2.02. The quantitative estimate of drug-likeness (QED) is 0.807. The molecule has 0 aliphatic heterocycles. The van der Waals surface area contributed by atoms with Gasteiger partial charge in [0.2, 0.25) is 0 Å². The van der Waals surface area contributed by atoms with Gasteiger partial charge in [0.1, 0.15) is 0 Å². The third-order valence-electron chi connectivity index (χ3n) is 6.69. The first-order valence-electron chi connectivity index (χ1n) is 8.62. The van der Waals surface area contributed by atoms with E-state index < -0.39 is 0 Å². The van der Waals surface area contributed by atoms with Crippen LogP contribution in [0.2, 0.25) is 0 Å². The molecule has 4 rings (SSSR count). The van der Waals surface area contributed by atoms with E-state index in [1.165, 1.54) is 51.6 Å². The highest BCUT2D eigenvalue weighted by Gasteiger charge is 2.57. The van der Waals surface area contributed by atoms with E-state index in [0.29, 0.717) is 5.54 Å². The molecule has 0 heterocycles. The zero-order chi connectivity index (χ0) is 14.3. The fourth-order valence-corrected chi connectivity index (χ4v) is 5.95. The number of likely N-dealkylation sites (N-methyl/N-ethyl adjacent to an activating group) is 1. The van der Waals surface area contributed by atoms with Gasteiger partial charge in [-0.05, 0) is 96.4 Å². The molecule has 4 aliphatic carbocycles. The van der Waals surface area contributed by atoms with Crippen LogP contribution >= 0.6 is 0 Å². The highest BCUT2D eigenvalue weighted by atomic mass is 15.2. The van der Waals surface area contributed by atoms with E-state index in [2.05, 4.69) is 30.9 Å². The highest BCUT2D eigenvalue weighted by molar-refractivity contribution is 5.12. The molecule has 3 heteroatoms. The van der Waals surface area contributed by atoms with Crippen LogP contribution in [0.15, 0.2) is 0 Å². The van der Waals surface area contributed by atoms with Crippen molar-refractivity contribution < 1.29 is 0 Å². The van der Waals surface area contributed by atoms with Gasteiger partial charge in [0.15, 0.2) is 0 Å². The van der Waals surface area contributed by atoms with Crippen LogP contribution in [0.3, 0.4) is 0 Å². The molecule has 0 radical (unpaired) electrons. The summed E-state index contributed by atoms with van der Waals surface area (Å²) >= 11 is 0. The average molecular weight is 279 g/mol. The van der Waals surface area contributed by atoms with Crippen molar-refractivity contribution in [1.82, 2.24) is 9.80 Å². The summed E-state index contributed by atoms with van der Waals surface area (Å²) in [6.07, 6.45) is 8.63. The number of rotatable bonds is 6. The Hall–Kier alpha value is -0.120. The van der Waals surface area contributed by atoms with Gasteiger partial charge in [-0.15, -0.1) is 0 Å². The minimum absolute atomic E-state index is 0.333. The van der Waals surface area contributed by atoms with Crippen LogP contribution in [-0.2, 0) is 0 Å². The van der Waals surface area contributed by atoms with Gasteiger partial charge in [-0.2, -0.15) is 0 Å². The highest BCUT2D eigenvalue weighted by Crippen LogP contribution is 2.59. The Morgan fingerprint density at radius 3 is 1.90 bits per heavy atom. The van der Waals surface area contributed by atoms with Crippen molar-refractivity contribution in [2.24, 2.45) is 29.4 Å². The number of hydrogen-bond donors (Lipinski definition) is 1. The molecule has 0 aromatic rings. The SMILES string of the molecule is CN(C)CCCN(C)C1(CN)C2CC3CC(C2)CC1C3. The van der Waals surface area contributed by atoms with Crippen molar-refractivity contribution in [3.05, 3.63) is 0 Å². The van der Waals surface area contributed by atoms with Crippen LogP contribution in [0.4, 0.5) is 0 Å². The zero-order valence-electron chi connectivity index (χ0n) is 13.6. The Bertz CT molecular complexity index is 311. The van der Waals surface area contributed by atoms with E-state index in [1.54, 1.807) is 0 Å². The largest absolute Gasteiger partial charge is 0.329 e. The molecule has 4 bridgehead atoms. The second kappa shape index (κ2) is 5.58. The molecule has 4 aliphatic rings. The Balaban J connectivity index is 1.70. The monoisotopic (exact) mass is 279 g/mol. The third-order valence-corrected chi connectivity index (χ3v) is 6.69. The molecule has 116 valence electrons. The molecule has 0 saturated heterocycles. The summed E-state index contributed by atoms with van der Waals surface area (Å²) in [6.45, 7) is 3.27. The lowest BCUT2D eigenvalue weighted by atomic mass is 9.48. The lowest BCUT2D eigenvalue weighted by Crippen LogP contribution is -2.68. The molecule has 0 aromatic carbocycles. The number of nitrogens with zero attached hydrogens (tertiary/aromatic N) is 2. The minimum atomic E-state index is 0.333. The predicted molar refractivity (Wildman–Crippen MR) is 84.6 cm³/mol. The van der Waals surface area contributed by atoms with Gasteiger partial charge in [0.05, 0.1) is 0 Å². The Morgan fingerprint density at radius 1 is 0.900 bits per heavy atom. The fourth-order valence-electron chi connectivity index (χ4n) is 5.95. The lowest BCUT2D eigenvalue weighted by molar-refractivity contribution is -0.123. The second-order valence-corrected chi connectivity index (χ2v) is 8.08. The van der Waals surface area contributed by atoms with Crippen molar-refractivity contribution in [1.29, 1.82) is 0 Å². The first kappa shape index (κ1) is 14.8. The molecule has 3 nitrogen and oxygen atoms in total. The lowest BCUT2D eigenvalue weighted by Gasteiger charge is -2.64. The maximum absolute atomic E-state index is 6.37. The summed E-state index contributed by atoms with van der Waals surface area (Å²) in [4.78, 5) is 4.96. The summed E-state index contributed by atoms with van der Waals surface area (Å²) in [6, 6.07) is 0. The normalized spacial score (nSPS) is 42.9. The van der Waals surface area contributed by atoms with Crippen molar-refractivity contribution >= 4 is 0 Å². The fraction of sp³-hybridized carbons (Fsp3) is 1.00. The van der Waals surface area contributed by atoms with Crippen molar-refractivity contribution in [3.63, 3.8) is 0 Å². The van der Waals surface area contributed by atoms with Crippen LogP contribution < -0.4 is 5.73 Å². The van der Waals surface area contributed by atoms with Crippen LogP contribution in [0.25, 0.3) is 0 Å². The third kappa shape index (κ3) is 2.32. The first-order chi connectivity index (χ1) is 9.56. The summed E-state index contributed by atoms with van der Waals surface area (Å²) in [5, 5.41) is 0. The van der Waals surface area contributed by atoms with E-state index >= 15 is 0 Å². The number of nitrogens with two attached hydrogens (primary N) is 1. The zero-order valence-corrected chi connectivity index (χ0v) is 13.6. The molecule has 4 fully saturated rings. The summed E-state index contributed by atoms with van der Waals surface area (Å²) in [5.41, 5.74) is 6.70. The number of hydrogen-bond acceptors (Lipinski definition) is 3. The Labute approximate surface area is 124 Å². The van der Waals surface area contributed by atoms with Gasteiger partial charge >= 0.3 is 0 Å². The first-order valence-corrected chi connectivity index (χ1v) is 8.62. The van der Waals surface area contributed by atoms with Crippen LogP contribution in [0, 0.1) is 23.7 Å². The van der Waals surface area contributed by atoms with Gasteiger partial charge in [-0.1, -0.05) is 0 Å². The standard InChI is InChI=1S/C17H33N3/c1-19(2)5-4-6-20(3)17(12-18)15-8-13-7-14(10-15)11-16(17)9-13/h13-16H,4-12,18H2,1-3H3. The average Bonchev–Trinajstić information content (AvgIpc) is 2.38. The van der Waals surface area contributed by atoms with Gasteiger partial charge in [0, 0.05) is 12.1 Å². The molecule has 0 atom stereocenters. The van der Waals surface area contributed by atoms with Crippen molar-refractivity contribution in [3.8, 4) is 0 Å². The van der Waals surface area contributed by atoms with Crippen molar-refractivity contribution in [2.75, 3.05) is 40.8 Å². The van der Waals surface area contributed by atoms with Crippen LogP contribution in [-0.4, -0.2) is 56.1 Å². The van der Waals surface area contributed by atoms with Gasteiger partial charge in [-0.3, -0.25) is 4.90 Å². The minimum Gasteiger partial charge on any atom is -0.329 e. The van der Waals surface area contributed by atoms with E-state index in [-0.39, 0.29) is 0 Å². The Kier molecular flexibility index (Phi) is 4.13. The smallest absolute Gasteiger partial charge is 0.0385 e. The van der Waals surface area contributed by atoms with E-state index in [9.17, 15) is 0 Å². The summed E-state index contributed by atoms with van der Waals surface area (Å²) in [7, 11) is 6.69.